The van der Waals surface area contributed by atoms with E-state index in [-0.39, 0.29) is 0 Å². The zero-order valence-corrected chi connectivity index (χ0v) is 9.28. The second-order valence-corrected chi connectivity index (χ2v) is 3.37. The van der Waals surface area contributed by atoms with Crippen LogP contribution in [0.15, 0.2) is 18.2 Å². The number of nitrogens with one attached hydrogen (secondary N) is 1. The van der Waals surface area contributed by atoms with Gasteiger partial charge in [-0.2, -0.15) is 8.78 Å². The van der Waals surface area contributed by atoms with E-state index in [9.17, 15) is 23.7 Å². The summed E-state index contributed by atoms with van der Waals surface area (Å²) in [6, 6.07) is 2.53. The predicted octanol–water partition coefficient (Wildman–Crippen LogP) is 1.21. The predicted molar refractivity (Wildman–Crippen MR) is 56.0 cm³/mol. The number of hydrogen-bond acceptors (Lipinski definition) is 5. The van der Waals surface area contributed by atoms with Crippen LogP contribution in [0.3, 0.4) is 0 Å². The van der Waals surface area contributed by atoms with Gasteiger partial charge in [-0.3, -0.25) is 20.3 Å². The maximum absolute atomic E-state index is 13.0. The lowest BCUT2D eigenvalue weighted by Gasteiger charge is -2.15. The van der Waals surface area contributed by atoms with Crippen molar-refractivity contribution in [2.24, 2.45) is 5.84 Å². The average Bonchev–Trinajstić information content (AvgIpc) is 2.26. The highest BCUT2D eigenvalue weighted by Crippen LogP contribution is 2.30. The van der Waals surface area contributed by atoms with Crippen LogP contribution in [0, 0.1) is 10.1 Å². The Morgan fingerprint density at radius 1 is 1.56 bits per heavy atom. The number of nitro groups is 1. The molecule has 1 amide bonds. The van der Waals surface area contributed by atoms with Crippen molar-refractivity contribution in [1.82, 2.24) is 5.43 Å². The first-order valence-electron chi connectivity index (χ1n) is 4.29. The maximum Gasteiger partial charge on any atom is 0.483 e. The number of carbonyl (C=O) groups excluding carboxylic acids is 1. The zero-order valence-electron chi connectivity index (χ0n) is 8.52. The van der Waals surface area contributed by atoms with E-state index in [1.54, 1.807) is 0 Å². The molecule has 0 aliphatic heterocycles. The number of ether oxygens (including phenoxy) is 1. The molecule has 1 rings (SSSR count). The highest BCUT2D eigenvalue weighted by atomic mass is 35.5. The van der Waals surface area contributed by atoms with Crippen LogP contribution < -0.4 is 16.0 Å². The minimum Gasteiger partial charge on any atom is -0.425 e. The molecule has 0 saturated carbocycles. The Hall–Kier alpha value is -2.00. The van der Waals surface area contributed by atoms with Gasteiger partial charge in [0.25, 0.3) is 5.69 Å². The summed E-state index contributed by atoms with van der Waals surface area (Å²) in [6.07, 6.45) is -4.21. The summed E-state index contributed by atoms with van der Waals surface area (Å²) in [7, 11) is 0. The fourth-order valence-electron chi connectivity index (χ4n) is 0.978. The molecule has 0 saturated heterocycles. The van der Waals surface area contributed by atoms with Crippen LogP contribution in [0.2, 0.25) is 5.02 Å². The van der Waals surface area contributed by atoms with Gasteiger partial charge in [0, 0.05) is 12.1 Å². The third-order valence-corrected chi connectivity index (χ3v) is 2.06. The minimum atomic E-state index is -4.21. The number of hydrogen-bond donors (Lipinski definition) is 2. The van der Waals surface area contributed by atoms with E-state index in [2.05, 4.69) is 10.6 Å². The Morgan fingerprint density at radius 3 is 2.61 bits per heavy atom. The van der Waals surface area contributed by atoms with Gasteiger partial charge in [-0.25, -0.2) is 5.84 Å². The van der Waals surface area contributed by atoms with Crippen LogP contribution in [0.25, 0.3) is 0 Å². The summed E-state index contributed by atoms with van der Waals surface area (Å²) in [5, 5.41) is 10.0. The lowest BCUT2D eigenvalue weighted by atomic mass is 10.3. The summed E-state index contributed by atoms with van der Waals surface area (Å²) >= 11 is 5.47. The number of benzene rings is 1. The van der Waals surface area contributed by atoms with Crippen molar-refractivity contribution in [3.63, 3.8) is 0 Å². The molecule has 98 valence electrons. The van der Waals surface area contributed by atoms with E-state index in [1.807, 2.05) is 0 Å². The minimum absolute atomic E-state index is 0.401. The topological polar surface area (TPSA) is 107 Å². The number of carbonyl (C=O) groups is 1. The molecule has 0 heterocycles. The molecule has 1 aromatic carbocycles. The number of nitro benzene ring substituents is 1. The molecule has 1 aromatic rings. The third-order valence-electron chi connectivity index (χ3n) is 1.76. The molecule has 0 aliphatic rings. The molecule has 0 aromatic heterocycles. The normalized spacial score (nSPS) is 10.9. The van der Waals surface area contributed by atoms with Crippen LogP contribution >= 0.6 is 11.6 Å². The number of amides is 1. The van der Waals surface area contributed by atoms with E-state index in [0.29, 0.717) is 0 Å². The number of hydrazine groups is 1. The smallest absolute Gasteiger partial charge is 0.425 e. The molecule has 0 spiro atoms. The monoisotopic (exact) mass is 281 g/mol. The van der Waals surface area contributed by atoms with Crippen LogP contribution in [-0.2, 0) is 4.79 Å². The van der Waals surface area contributed by atoms with Gasteiger partial charge in [0.1, 0.15) is 10.8 Å². The Kier molecular flexibility index (Phi) is 3.99. The van der Waals surface area contributed by atoms with Crippen LogP contribution in [0.4, 0.5) is 14.5 Å². The summed E-state index contributed by atoms with van der Waals surface area (Å²) in [6.45, 7) is 0. The average molecular weight is 282 g/mol. The molecule has 10 heteroatoms. The Balaban J connectivity index is 2.97. The summed E-state index contributed by atoms with van der Waals surface area (Å²) in [5.74, 6) is 2.15. The summed E-state index contributed by atoms with van der Waals surface area (Å²) < 4.78 is 30.0. The number of halogens is 3. The first kappa shape index (κ1) is 14.1. The lowest BCUT2D eigenvalue weighted by molar-refractivity contribution is -0.384. The van der Waals surface area contributed by atoms with Crippen LogP contribution in [0.1, 0.15) is 0 Å². The van der Waals surface area contributed by atoms with Crippen molar-refractivity contribution in [3.05, 3.63) is 33.3 Å². The highest BCUT2D eigenvalue weighted by molar-refractivity contribution is 6.32. The second kappa shape index (κ2) is 5.10. The number of nitrogens with two attached hydrogens (primary N) is 1. The maximum atomic E-state index is 13.0. The standard InChI is InChI=1S/C8H6ClF2N3O4/c9-5-3-4(1-2-6(5)14(16)17)18-8(10,11)7(15)13-12/h1-3H,12H2,(H,13,15). The Bertz CT molecular complexity index is 497. The third kappa shape index (κ3) is 3.02. The quantitative estimate of drug-likeness (QED) is 0.373. The van der Waals surface area contributed by atoms with E-state index in [1.165, 1.54) is 5.43 Å². The molecular formula is C8H6ClF2N3O4. The van der Waals surface area contributed by atoms with Gasteiger partial charge in [0.2, 0.25) is 0 Å². The van der Waals surface area contributed by atoms with Crippen molar-refractivity contribution in [1.29, 1.82) is 0 Å². The largest absolute Gasteiger partial charge is 0.483 e. The first-order chi connectivity index (χ1) is 8.27. The Labute approximate surface area is 104 Å². The van der Waals surface area contributed by atoms with Crippen molar-refractivity contribution in [2.75, 3.05) is 0 Å². The van der Waals surface area contributed by atoms with Crippen molar-refractivity contribution >= 4 is 23.2 Å². The van der Waals surface area contributed by atoms with Gasteiger partial charge in [0.05, 0.1) is 4.92 Å². The molecule has 0 aliphatic carbocycles. The van der Waals surface area contributed by atoms with Gasteiger partial charge in [-0.05, 0) is 6.07 Å². The number of alkyl halides is 2. The molecule has 0 fully saturated rings. The molecule has 7 nitrogen and oxygen atoms in total. The molecule has 3 N–H and O–H groups in total. The van der Waals surface area contributed by atoms with Crippen molar-refractivity contribution in [3.8, 4) is 5.75 Å². The van der Waals surface area contributed by atoms with Crippen LogP contribution in [-0.4, -0.2) is 16.9 Å². The fourth-order valence-corrected chi connectivity index (χ4v) is 1.22. The molecule has 0 atom stereocenters. The van der Waals surface area contributed by atoms with Gasteiger partial charge in [-0.15, -0.1) is 0 Å². The highest BCUT2D eigenvalue weighted by Gasteiger charge is 2.42. The summed E-state index contributed by atoms with van der Waals surface area (Å²) in [4.78, 5) is 20.3. The van der Waals surface area contributed by atoms with Gasteiger partial charge < -0.3 is 4.74 Å². The summed E-state index contributed by atoms with van der Waals surface area (Å²) in [5.41, 5.74) is 0.738. The molecule has 0 bridgehead atoms. The lowest BCUT2D eigenvalue weighted by Crippen LogP contribution is -2.47. The molecule has 18 heavy (non-hydrogen) atoms. The zero-order chi connectivity index (χ0) is 13.9. The van der Waals surface area contributed by atoms with E-state index >= 15 is 0 Å². The van der Waals surface area contributed by atoms with Crippen LogP contribution in [0.5, 0.6) is 5.75 Å². The van der Waals surface area contributed by atoms with Crippen molar-refractivity contribution < 1.29 is 23.2 Å². The van der Waals surface area contributed by atoms with E-state index < -0.39 is 33.4 Å². The second-order valence-electron chi connectivity index (χ2n) is 2.96. The van der Waals surface area contributed by atoms with Gasteiger partial charge >= 0.3 is 12.0 Å². The molecular weight excluding hydrogens is 276 g/mol. The number of nitrogens with zero attached hydrogens (tertiary/aromatic N) is 1. The van der Waals surface area contributed by atoms with Gasteiger partial charge in [-0.1, -0.05) is 11.6 Å². The van der Waals surface area contributed by atoms with E-state index in [4.69, 9.17) is 11.6 Å². The first-order valence-corrected chi connectivity index (χ1v) is 4.67. The van der Waals surface area contributed by atoms with E-state index in [0.717, 1.165) is 18.2 Å². The SMILES string of the molecule is NNC(=O)C(F)(F)Oc1ccc([N+](=O)[O-])c(Cl)c1. The molecule has 0 unspecified atom stereocenters. The molecule has 0 radical (unpaired) electrons. The fraction of sp³-hybridized carbons (Fsp3) is 0.125. The van der Waals surface area contributed by atoms with Crippen molar-refractivity contribution in [2.45, 2.75) is 6.11 Å². The number of rotatable bonds is 4. The Morgan fingerprint density at radius 2 is 2.17 bits per heavy atom. The van der Waals surface area contributed by atoms with Gasteiger partial charge in [0.15, 0.2) is 0 Å².